The van der Waals surface area contributed by atoms with Gasteiger partial charge in [-0.2, -0.15) is 4.98 Å². The van der Waals surface area contributed by atoms with Gasteiger partial charge < -0.3 is 15.1 Å². The fourth-order valence-electron chi connectivity index (χ4n) is 3.41. The van der Waals surface area contributed by atoms with E-state index in [9.17, 15) is 0 Å². The Hall–Kier alpha value is -2.63. The predicted molar refractivity (Wildman–Crippen MR) is 88.3 cm³/mol. The number of nitrogens with two attached hydrogens (primary N) is 1. The molecule has 0 bridgehead atoms. The molecule has 6 nitrogen and oxygen atoms in total. The molecule has 1 aromatic carbocycles. The summed E-state index contributed by atoms with van der Waals surface area (Å²) in [6, 6.07) is 6.16. The molecule has 2 N–H and O–H groups in total. The number of anilines is 2. The summed E-state index contributed by atoms with van der Waals surface area (Å²) >= 11 is 0. The summed E-state index contributed by atoms with van der Waals surface area (Å²) in [6.45, 7) is 2.11. The number of fused-ring (bicyclic) bond motifs is 2. The van der Waals surface area contributed by atoms with Crippen molar-refractivity contribution in [2.24, 2.45) is 0 Å². The van der Waals surface area contributed by atoms with Crippen LogP contribution in [0.2, 0.25) is 0 Å². The smallest absolute Gasteiger partial charge is 0.292 e. The van der Waals surface area contributed by atoms with Gasteiger partial charge in [0.15, 0.2) is 5.58 Å². The van der Waals surface area contributed by atoms with Gasteiger partial charge in [-0.3, -0.25) is 0 Å². The second-order valence-corrected chi connectivity index (χ2v) is 6.23. The van der Waals surface area contributed by atoms with Crippen molar-refractivity contribution in [1.29, 1.82) is 0 Å². The van der Waals surface area contributed by atoms with E-state index in [1.54, 1.807) is 0 Å². The number of nitrogen functional groups attached to an aromatic ring is 1. The maximum Gasteiger partial charge on any atom is 0.292 e. The lowest BCUT2D eigenvalue weighted by Crippen LogP contribution is -2.38. The average molecular weight is 307 g/mol. The maximum absolute atomic E-state index is 5.65. The second-order valence-electron chi connectivity index (χ2n) is 6.23. The SMILES string of the molecule is Nc1nc2cc(-c3nc(N4CCC4)nc4c3CCC4)ccc2o1. The second kappa shape index (κ2) is 4.68. The van der Waals surface area contributed by atoms with Gasteiger partial charge in [-0.1, -0.05) is 0 Å². The van der Waals surface area contributed by atoms with Gasteiger partial charge in [0.05, 0.1) is 5.69 Å². The van der Waals surface area contributed by atoms with Crippen molar-refractivity contribution in [2.75, 3.05) is 23.7 Å². The molecule has 2 aliphatic rings. The van der Waals surface area contributed by atoms with E-state index in [4.69, 9.17) is 20.1 Å². The monoisotopic (exact) mass is 307 g/mol. The van der Waals surface area contributed by atoms with E-state index in [0.29, 0.717) is 5.58 Å². The van der Waals surface area contributed by atoms with Gasteiger partial charge in [-0.15, -0.1) is 0 Å². The largest absolute Gasteiger partial charge is 0.424 e. The quantitative estimate of drug-likeness (QED) is 0.783. The Morgan fingerprint density at radius 1 is 1.04 bits per heavy atom. The van der Waals surface area contributed by atoms with Crippen molar-refractivity contribution in [2.45, 2.75) is 25.7 Å². The number of benzene rings is 1. The van der Waals surface area contributed by atoms with Crippen LogP contribution < -0.4 is 10.6 Å². The maximum atomic E-state index is 5.65. The van der Waals surface area contributed by atoms with E-state index in [1.807, 2.05) is 18.2 Å². The minimum Gasteiger partial charge on any atom is -0.424 e. The fraction of sp³-hybridized carbons (Fsp3) is 0.353. The average Bonchev–Trinajstić information content (AvgIpc) is 3.08. The zero-order chi connectivity index (χ0) is 15.4. The molecule has 0 radical (unpaired) electrons. The van der Waals surface area contributed by atoms with Gasteiger partial charge in [-0.25, -0.2) is 9.97 Å². The van der Waals surface area contributed by atoms with Crippen LogP contribution in [0.1, 0.15) is 24.1 Å². The topological polar surface area (TPSA) is 81.1 Å². The van der Waals surface area contributed by atoms with Crippen molar-refractivity contribution in [3.63, 3.8) is 0 Å². The Bertz CT molecular complexity index is 913. The fourth-order valence-corrected chi connectivity index (χ4v) is 3.41. The Balaban J connectivity index is 1.69. The van der Waals surface area contributed by atoms with Gasteiger partial charge >= 0.3 is 0 Å². The van der Waals surface area contributed by atoms with Gasteiger partial charge in [0.1, 0.15) is 5.52 Å². The lowest BCUT2D eigenvalue weighted by molar-refractivity contribution is 0.599. The number of hydrogen-bond acceptors (Lipinski definition) is 6. The molecule has 0 amide bonds. The number of nitrogens with zero attached hydrogens (tertiary/aromatic N) is 4. The molecule has 1 fully saturated rings. The number of aryl methyl sites for hydroxylation is 1. The molecule has 2 aromatic heterocycles. The molecule has 1 aliphatic heterocycles. The third kappa shape index (κ3) is 1.98. The summed E-state index contributed by atoms with van der Waals surface area (Å²) in [5.41, 5.74) is 11.7. The molecule has 0 spiro atoms. The molecule has 1 aliphatic carbocycles. The number of aromatic nitrogens is 3. The van der Waals surface area contributed by atoms with Crippen LogP contribution in [0.15, 0.2) is 22.6 Å². The van der Waals surface area contributed by atoms with Crippen LogP contribution in [0.3, 0.4) is 0 Å². The molecule has 3 aromatic rings. The minimum absolute atomic E-state index is 0.200. The van der Waals surface area contributed by atoms with Gasteiger partial charge in [0.2, 0.25) is 5.95 Å². The first-order valence-corrected chi connectivity index (χ1v) is 8.09. The normalized spacial score (nSPS) is 16.6. The highest BCUT2D eigenvalue weighted by molar-refractivity contribution is 5.81. The Morgan fingerprint density at radius 2 is 1.96 bits per heavy atom. The third-order valence-corrected chi connectivity index (χ3v) is 4.74. The molecule has 5 rings (SSSR count). The highest BCUT2D eigenvalue weighted by atomic mass is 16.4. The molecule has 3 heterocycles. The molecular weight excluding hydrogens is 290 g/mol. The summed E-state index contributed by atoms with van der Waals surface area (Å²) < 4.78 is 5.37. The van der Waals surface area contributed by atoms with E-state index in [1.165, 1.54) is 17.7 Å². The molecule has 6 heteroatoms. The molecular formula is C17H17N5O. The van der Waals surface area contributed by atoms with E-state index >= 15 is 0 Å². The molecule has 1 saturated heterocycles. The van der Waals surface area contributed by atoms with Crippen LogP contribution in [0.5, 0.6) is 0 Å². The van der Waals surface area contributed by atoms with Gasteiger partial charge in [0, 0.05) is 29.9 Å². The highest BCUT2D eigenvalue weighted by Gasteiger charge is 2.24. The summed E-state index contributed by atoms with van der Waals surface area (Å²) in [6.07, 6.45) is 4.47. The molecule has 0 unspecified atom stereocenters. The van der Waals surface area contributed by atoms with Crippen molar-refractivity contribution in [3.8, 4) is 11.3 Å². The first-order chi connectivity index (χ1) is 11.3. The lowest BCUT2D eigenvalue weighted by Gasteiger charge is -2.31. The number of rotatable bonds is 2. The summed E-state index contributed by atoms with van der Waals surface area (Å²) in [5, 5.41) is 0. The Labute approximate surface area is 133 Å². The van der Waals surface area contributed by atoms with Crippen molar-refractivity contribution in [3.05, 3.63) is 29.5 Å². The summed E-state index contributed by atoms with van der Waals surface area (Å²) in [4.78, 5) is 16.1. The zero-order valence-corrected chi connectivity index (χ0v) is 12.7. The predicted octanol–water partition coefficient (Wildman–Crippen LogP) is 2.57. The number of hydrogen-bond donors (Lipinski definition) is 1. The van der Waals surface area contributed by atoms with Crippen LogP contribution in [0, 0.1) is 0 Å². The first-order valence-electron chi connectivity index (χ1n) is 8.09. The molecule has 23 heavy (non-hydrogen) atoms. The van der Waals surface area contributed by atoms with Gasteiger partial charge in [-0.05, 0) is 43.9 Å². The van der Waals surface area contributed by atoms with E-state index in [2.05, 4.69) is 9.88 Å². The molecule has 0 saturated carbocycles. The Morgan fingerprint density at radius 3 is 2.78 bits per heavy atom. The molecule has 0 atom stereocenters. The van der Waals surface area contributed by atoms with E-state index in [0.717, 1.165) is 55.1 Å². The summed E-state index contributed by atoms with van der Waals surface area (Å²) in [7, 11) is 0. The van der Waals surface area contributed by atoms with E-state index < -0.39 is 0 Å². The van der Waals surface area contributed by atoms with E-state index in [-0.39, 0.29) is 6.01 Å². The Kier molecular flexibility index (Phi) is 2.62. The number of oxazole rings is 1. The zero-order valence-electron chi connectivity index (χ0n) is 12.7. The first kappa shape index (κ1) is 12.9. The van der Waals surface area contributed by atoms with Crippen LogP contribution in [-0.4, -0.2) is 28.0 Å². The lowest BCUT2D eigenvalue weighted by atomic mass is 10.0. The van der Waals surface area contributed by atoms with Crippen LogP contribution in [0.4, 0.5) is 12.0 Å². The van der Waals surface area contributed by atoms with Crippen LogP contribution in [-0.2, 0) is 12.8 Å². The van der Waals surface area contributed by atoms with Crippen LogP contribution in [0.25, 0.3) is 22.4 Å². The van der Waals surface area contributed by atoms with Crippen molar-refractivity contribution >= 4 is 23.1 Å². The van der Waals surface area contributed by atoms with Crippen molar-refractivity contribution < 1.29 is 4.42 Å². The standard InChI is InChI=1S/C17H17N5O/c18-16-19-13-9-10(5-6-14(13)23-16)15-11-3-1-4-12(11)20-17(21-15)22-7-2-8-22/h5-6,9H,1-4,7-8H2,(H2,18,19). The van der Waals surface area contributed by atoms with Gasteiger partial charge in [0.25, 0.3) is 6.01 Å². The highest BCUT2D eigenvalue weighted by Crippen LogP contribution is 2.34. The third-order valence-electron chi connectivity index (χ3n) is 4.74. The molecule has 116 valence electrons. The van der Waals surface area contributed by atoms with Crippen LogP contribution >= 0.6 is 0 Å². The van der Waals surface area contributed by atoms with Crippen molar-refractivity contribution in [1.82, 2.24) is 15.0 Å². The minimum atomic E-state index is 0.200. The summed E-state index contributed by atoms with van der Waals surface area (Å²) in [5.74, 6) is 0.867.